The van der Waals surface area contributed by atoms with Gasteiger partial charge in [-0.15, -0.1) is 45.3 Å². The lowest BCUT2D eigenvalue weighted by molar-refractivity contribution is -0.132. The molecule has 0 saturated heterocycles. The van der Waals surface area contributed by atoms with Crippen LogP contribution in [-0.2, 0) is 24.2 Å². The lowest BCUT2D eigenvalue weighted by Gasteiger charge is -2.04. The van der Waals surface area contributed by atoms with Gasteiger partial charge in [0.1, 0.15) is 0 Å². The zero-order chi connectivity index (χ0) is 37.6. The first-order chi connectivity index (χ1) is 26.4. The summed E-state index contributed by atoms with van der Waals surface area (Å²) in [6.45, 7) is 15.0. The topological polar surface area (TPSA) is 46.6 Å². The number of carbonyl (C=O) groups is 1. The molecule has 0 atom stereocenters. The Balaban J connectivity index is 1.25. The van der Waals surface area contributed by atoms with Crippen LogP contribution in [0.2, 0.25) is 0 Å². The SMILES string of the molecule is [C-]#[N+]C(=Cc1ccc(-c2sc(-c3cc(CCCCCC)c(-c4ccc(-c5ccc6c(c5)c5ccccc5n6CC)s4)s3)cc2CCCCCC)s1)C(=O)O. The molecule has 0 aliphatic rings. The van der Waals surface area contributed by atoms with Crippen molar-refractivity contribution in [3.8, 4) is 39.7 Å². The highest BCUT2D eigenvalue weighted by molar-refractivity contribution is 7.29. The summed E-state index contributed by atoms with van der Waals surface area (Å²) in [6.07, 6.45) is 13.3. The van der Waals surface area contributed by atoms with Crippen molar-refractivity contribution >= 4 is 79.2 Å². The molecule has 0 bridgehead atoms. The number of carboxylic acid groups (broad SMARTS) is 1. The van der Waals surface area contributed by atoms with Crippen molar-refractivity contribution in [2.45, 2.75) is 91.5 Å². The van der Waals surface area contributed by atoms with Gasteiger partial charge in [-0.05, 0) is 110 Å². The van der Waals surface area contributed by atoms with Crippen molar-refractivity contribution in [1.82, 2.24) is 4.57 Å². The van der Waals surface area contributed by atoms with E-state index in [1.807, 2.05) is 40.1 Å². The molecule has 54 heavy (non-hydrogen) atoms. The minimum absolute atomic E-state index is 0.256. The van der Waals surface area contributed by atoms with E-state index in [1.54, 1.807) is 11.3 Å². The van der Waals surface area contributed by atoms with Crippen LogP contribution < -0.4 is 0 Å². The Kier molecular flexibility index (Phi) is 12.3. The predicted octanol–water partition coefficient (Wildman–Crippen LogP) is 15.3. The summed E-state index contributed by atoms with van der Waals surface area (Å²) in [4.78, 5) is 24.6. The van der Waals surface area contributed by atoms with Crippen LogP contribution >= 0.6 is 45.3 Å². The normalized spacial score (nSPS) is 11.9. The van der Waals surface area contributed by atoms with E-state index in [2.05, 4.69) is 103 Å². The van der Waals surface area contributed by atoms with E-state index in [-0.39, 0.29) is 5.70 Å². The number of para-hydroxylation sites is 1. The molecule has 5 aromatic heterocycles. The predicted molar refractivity (Wildman–Crippen MR) is 236 cm³/mol. The molecule has 2 aromatic carbocycles. The second-order valence-electron chi connectivity index (χ2n) is 13.9. The Labute approximate surface area is 334 Å². The van der Waals surface area contributed by atoms with Crippen LogP contribution in [0.4, 0.5) is 0 Å². The van der Waals surface area contributed by atoms with Gasteiger partial charge in [-0.1, -0.05) is 76.6 Å². The minimum atomic E-state index is -1.19. The maximum atomic E-state index is 11.5. The maximum absolute atomic E-state index is 11.5. The summed E-state index contributed by atoms with van der Waals surface area (Å²) in [5, 5.41) is 12.1. The number of aliphatic carboxylic acids is 1. The molecule has 0 fully saturated rings. The number of nitrogens with zero attached hydrogens (tertiary/aromatic N) is 2. The number of unbranched alkanes of at least 4 members (excludes halogenated alkanes) is 6. The van der Waals surface area contributed by atoms with Gasteiger partial charge in [-0.3, -0.25) is 4.79 Å². The second-order valence-corrected chi connectivity index (χ2v) is 18.2. The number of fused-ring (bicyclic) bond motifs is 3. The molecular weight excluding hydrogens is 741 g/mol. The third-order valence-electron chi connectivity index (χ3n) is 10.1. The smallest absolute Gasteiger partial charge is 0.333 e. The third kappa shape index (κ3) is 8.06. The van der Waals surface area contributed by atoms with Crippen molar-refractivity contribution in [2.24, 2.45) is 0 Å². The first-order valence-corrected chi connectivity index (χ1v) is 22.5. The second kappa shape index (κ2) is 17.5. The summed E-state index contributed by atoms with van der Waals surface area (Å²) < 4.78 is 2.42. The van der Waals surface area contributed by atoms with Crippen molar-refractivity contribution in [3.05, 3.63) is 112 Å². The molecule has 0 aliphatic heterocycles. The molecule has 8 heteroatoms. The van der Waals surface area contributed by atoms with Crippen LogP contribution in [0.5, 0.6) is 0 Å². The zero-order valence-electron chi connectivity index (χ0n) is 31.2. The van der Waals surface area contributed by atoms with Gasteiger partial charge in [-0.25, -0.2) is 4.85 Å². The van der Waals surface area contributed by atoms with Crippen molar-refractivity contribution in [1.29, 1.82) is 0 Å². The highest BCUT2D eigenvalue weighted by Crippen LogP contribution is 2.48. The lowest BCUT2D eigenvalue weighted by Crippen LogP contribution is -1.94. The zero-order valence-corrected chi connectivity index (χ0v) is 34.5. The average molecular weight is 787 g/mol. The van der Waals surface area contributed by atoms with Gasteiger partial charge >= 0.3 is 5.97 Å². The number of hydrogen-bond acceptors (Lipinski definition) is 5. The quantitative estimate of drug-likeness (QED) is 0.0568. The molecule has 4 nitrogen and oxygen atoms in total. The largest absolute Gasteiger partial charge is 0.486 e. The first kappa shape index (κ1) is 38.0. The fourth-order valence-electron chi connectivity index (χ4n) is 7.37. The van der Waals surface area contributed by atoms with E-state index in [0.717, 1.165) is 35.6 Å². The van der Waals surface area contributed by atoms with Crippen LogP contribution in [0.25, 0.3) is 72.4 Å². The molecule has 7 rings (SSSR count). The van der Waals surface area contributed by atoms with Gasteiger partial charge in [0.05, 0.1) is 6.57 Å². The van der Waals surface area contributed by atoms with Gasteiger partial charge in [0.15, 0.2) is 0 Å². The Morgan fingerprint density at radius 2 is 1.28 bits per heavy atom. The Hall–Kier alpha value is -4.26. The number of benzene rings is 2. The number of aromatic nitrogens is 1. The fraction of sp³-hybridized carbons (Fsp3) is 0.304. The Morgan fingerprint density at radius 1 is 0.667 bits per heavy atom. The van der Waals surface area contributed by atoms with Crippen molar-refractivity contribution in [2.75, 3.05) is 0 Å². The van der Waals surface area contributed by atoms with Crippen LogP contribution in [0, 0.1) is 6.57 Å². The van der Waals surface area contributed by atoms with Crippen LogP contribution in [0.3, 0.4) is 0 Å². The third-order valence-corrected chi connectivity index (χ3v) is 15.2. The standard InChI is InChI=1S/C46H46N2O2S4/c1-5-8-10-12-16-31-27-42(53-44(31)40-23-21-33(51-40)29-36(47-4)46(49)50)43-28-32(17-13-11-9-6-2)45(54-43)41-25-24-39(52-41)30-20-22-38-35(26-30)34-18-14-15-19-37(34)48(38)7-3/h14-15,18-29H,5-13,16-17H2,1-3H3,(H,49,50). The highest BCUT2D eigenvalue weighted by Gasteiger charge is 2.20. The van der Waals surface area contributed by atoms with Gasteiger partial charge in [0.2, 0.25) is 0 Å². The molecule has 0 saturated carbocycles. The van der Waals surface area contributed by atoms with Gasteiger partial charge in [0, 0.05) is 67.4 Å². The lowest BCUT2D eigenvalue weighted by atomic mass is 10.0. The summed E-state index contributed by atoms with van der Waals surface area (Å²) in [6, 6.07) is 29.3. The van der Waals surface area contributed by atoms with Gasteiger partial charge in [-0.2, -0.15) is 0 Å². The summed E-state index contributed by atoms with van der Waals surface area (Å²) in [5.41, 5.74) is 6.41. The van der Waals surface area contributed by atoms with E-state index >= 15 is 0 Å². The molecule has 0 spiro atoms. The number of rotatable bonds is 17. The van der Waals surface area contributed by atoms with E-state index in [9.17, 15) is 9.90 Å². The van der Waals surface area contributed by atoms with Crippen LogP contribution in [0.15, 0.2) is 84.6 Å². The minimum Gasteiger partial charge on any atom is -0.486 e. The molecule has 7 aromatic rings. The maximum Gasteiger partial charge on any atom is 0.333 e. The monoisotopic (exact) mass is 786 g/mol. The number of aryl methyl sites for hydroxylation is 3. The highest BCUT2D eigenvalue weighted by atomic mass is 32.1. The number of thiophene rings is 4. The Bertz CT molecular complexity index is 2480. The average Bonchev–Trinajstić information content (AvgIpc) is 4.03. The molecular formula is C46H46N2O2S4. The van der Waals surface area contributed by atoms with Crippen molar-refractivity contribution < 1.29 is 9.90 Å². The fourth-order valence-corrected chi connectivity index (χ4v) is 12.1. The summed E-state index contributed by atoms with van der Waals surface area (Å²) in [7, 11) is 0. The number of carboxylic acids is 1. The van der Waals surface area contributed by atoms with Gasteiger partial charge < -0.3 is 9.67 Å². The van der Waals surface area contributed by atoms with E-state index < -0.39 is 5.97 Å². The first-order valence-electron chi connectivity index (χ1n) is 19.2. The Morgan fingerprint density at radius 3 is 1.91 bits per heavy atom. The molecule has 276 valence electrons. The van der Waals surface area contributed by atoms with Crippen molar-refractivity contribution in [3.63, 3.8) is 0 Å². The van der Waals surface area contributed by atoms with E-state index in [0.29, 0.717) is 0 Å². The molecule has 0 amide bonds. The van der Waals surface area contributed by atoms with Crippen LogP contribution in [0.1, 0.15) is 88.1 Å². The van der Waals surface area contributed by atoms with E-state index in [4.69, 9.17) is 6.57 Å². The van der Waals surface area contributed by atoms with E-state index in [1.165, 1.54) is 119 Å². The number of hydrogen-bond donors (Lipinski definition) is 1. The van der Waals surface area contributed by atoms with Crippen LogP contribution in [-0.4, -0.2) is 15.6 Å². The molecule has 1 N–H and O–H groups in total. The molecule has 0 aliphatic carbocycles. The summed E-state index contributed by atoms with van der Waals surface area (Å²) in [5.74, 6) is -1.19. The van der Waals surface area contributed by atoms with Gasteiger partial charge in [0.25, 0.3) is 5.70 Å². The molecule has 0 radical (unpaired) electrons. The molecule has 0 unspecified atom stereocenters. The summed E-state index contributed by atoms with van der Waals surface area (Å²) >= 11 is 7.26. The molecule has 5 heterocycles.